The zero-order valence-corrected chi connectivity index (χ0v) is 10.9. The molecule has 0 saturated carbocycles. The van der Waals surface area contributed by atoms with Crippen molar-refractivity contribution in [1.29, 1.82) is 0 Å². The fourth-order valence-electron chi connectivity index (χ4n) is 1.47. The number of nitrogens with two attached hydrogens (primary N) is 1. The van der Waals surface area contributed by atoms with Gasteiger partial charge in [0.15, 0.2) is 0 Å². The number of rotatable bonds is 2. The number of amides is 1. The summed E-state index contributed by atoms with van der Waals surface area (Å²) >= 11 is 3.27. The van der Waals surface area contributed by atoms with Gasteiger partial charge in [0.05, 0.1) is 5.56 Å². The zero-order valence-electron chi connectivity index (χ0n) is 9.28. The molecule has 3 N–H and O–H groups in total. The normalized spacial score (nSPS) is 10.1. The predicted octanol–water partition coefficient (Wildman–Crippen LogP) is 3.42. The van der Waals surface area contributed by atoms with E-state index in [0.717, 1.165) is 4.47 Å². The zero-order chi connectivity index (χ0) is 13.1. The molecule has 2 rings (SSSR count). The van der Waals surface area contributed by atoms with Crippen molar-refractivity contribution < 1.29 is 9.18 Å². The minimum Gasteiger partial charge on any atom is -0.398 e. The second-order valence-corrected chi connectivity index (χ2v) is 4.61. The van der Waals surface area contributed by atoms with Crippen LogP contribution in [0, 0.1) is 5.82 Å². The van der Waals surface area contributed by atoms with Gasteiger partial charge in [0.2, 0.25) is 0 Å². The van der Waals surface area contributed by atoms with E-state index < -0.39 is 0 Å². The molecule has 0 aliphatic heterocycles. The SMILES string of the molecule is Nc1cc(Br)ccc1C(=O)Nc1ccc(F)cc1. The maximum atomic E-state index is 12.7. The molecule has 5 heteroatoms. The summed E-state index contributed by atoms with van der Waals surface area (Å²) in [6, 6.07) is 10.5. The summed E-state index contributed by atoms with van der Waals surface area (Å²) in [5.74, 6) is -0.678. The molecule has 3 nitrogen and oxygen atoms in total. The van der Waals surface area contributed by atoms with Gasteiger partial charge in [-0.25, -0.2) is 4.39 Å². The minimum absolute atomic E-state index is 0.327. The lowest BCUT2D eigenvalue weighted by atomic mass is 10.1. The van der Waals surface area contributed by atoms with Crippen molar-refractivity contribution in [2.45, 2.75) is 0 Å². The van der Waals surface area contributed by atoms with E-state index in [4.69, 9.17) is 5.73 Å². The van der Waals surface area contributed by atoms with Crippen LogP contribution in [0.5, 0.6) is 0 Å². The first kappa shape index (κ1) is 12.6. The van der Waals surface area contributed by atoms with Gasteiger partial charge in [-0.05, 0) is 42.5 Å². The average Bonchev–Trinajstić information content (AvgIpc) is 2.32. The lowest BCUT2D eigenvalue weighted by Gasteiger charge is -2.07. The summed E-state index contributed by atoms with van der Waals surface area (Å²) in [6.45, 7) is 0. The Hall–Kier alpha value is -1.88. The summed E-state index contributed by atoms with van der Waals surface area (Å²) in [7, 11) is 0. The van der Waals surface area contributed by atoms with Crippen molar-refractivity contribution in [2.75, 3.05) is 11.1 Å². The largest absolute Gasteiger partial charge is 0.398 e. The quantitative estimate of drug-likeness (QED) is 0.835. The molecule has 2 aromatic carbocycles. The molecule has 0 atom stereocenters. The van der Waals surface area contributed by atoms with Crippen LogP contribution >= 0.6 is 15.9 Å². The Bertz CT molecular complexity index is 584. The van der Waals surface area contributed by atoms with Crippen LogP contribution in [-0.2, 0) is 0 Å². The van der Waals surface area contributed by atoms with Crippen molar-refractivity contribution in [3.8, 4) is 0 Å². The summed E-state index contributed by atoms with van der Waals surface area (Å²) in [6.07, 6.45) is 0. The first-order valence-corrected chi connectivity index (χ1v) is 5.97. The molecule has 0 heterocycles. The minimum atomic E-state index is -0.351. The molecule has 0 aromatic heterocycles. The number of carbonyl (C=O) groups is 1. The molecule has 2 aromatic rings. The Labute approximate surface area is 112 Å². The van der Waals surface area contributed by atoms with Crippen molar-refractivity contribution >= 4 is 33.2 Å². The second kappa shape index (κ2) is 5.18. The van der Waals surface area contributed by atoms with E-state index in [2.05, 4.69) is 21.2 Å². The lowest BCUT2D eigenvalue weighted by Crippen LogP contribution is -2.13. The molecule has 0 spiro atoms. The molecular weight excluding hydrogens is 299 g/mol. The highest BCUT2D eigenvalue weighted by molar-refractivity contribution is 9.10. The van der Waals surface area contributed by atoms with Gasteiger partial charge in [0.25, 0.3) is 5.91 Å². The predicted molar refractivity (Wildman–Crippen MR) is 72.9 cm³/mol. The Balaban J connectivity index is 2.19. The number of nitrogen functional groups attached to an aromatic ring is 1. The fraction of sp³-hybridized carbons (Fsp3) is 0. The molecule has 0 fully saturated rings. The third kappa shape index (κ3) is 2.87. The summed E-state index contributed by atoms with van der Waals surface area (Å²) < 4.78 is 13.5. The lowest BCUT2D eigenvalue weighted by molar-refractivity contribution is 0.102. The number of anilines is 2. The molecule has 0 bridgehead atoms. The molecule has 92 valence electrons. The first-order valence-electron chi connectivity index (χ1n) is 5.18. The van der Waals surface area contributed by atoms with Gasteiger partial charge in [0.1, 0.15) is 5.82 Å². The van der Waals surface area contributed by atoms with Gasteiger partial charge in [-0.15, -0.1) is 0 Å². The molecule has 0 radical (unpaired) electrons. The van der Waals surface area contributed by atoms with Gasteiger partial charge in [-0.3, -0.25) is 4.79 Å². The maximum absolute atomic E-state index is 12.7. The van der Waals surface area contributed by atoms with Crippen LogP contribution in [0.4, 0.5) is 15.8 Å². The molecule has 0 unspecified atom stereocenters. The number of hydrogen-bond donors (Lipinski definition) is 2. The third-order valence-corrected chi connectivity index (χ3v) is 2.85. The van der Waals surface area contributed by atoms with E-state index in [0.29, 0.717) is 16.9 Å². The van der Waals surface area contributed by atoms with Crippen molar-refractivity contribution in [2.24, 2.45) is 0 Å². The topological polar surface area (TPSA) is 55.1 Å². The highest BCUT2D eigenvalue weighted by Crippen LogP contribution is 2.20. The van der Waals surface area contributed by atoms with E-state index in [1.807, 2.05) is 0 Å². The van der Waals surface area contributed by atoms with Crippen molar-refractivity contribution in [3.05, 3.63) is 58.3 Å². The molecule has 18 heavy (non-hydrogen) atoms. The molecule has 1 amide bonds. The smallest absolute Gasteiger partial charge is 0.257 e. The number of carbonyl (C=O) groups excluding carboxylic acids is 1. The van der Waals surface area contributed by atoms with Gasteiger partial charge in [-0.1, -0.05) is 15.9 Å². The standard InChI is InChI=1S/C13H10BrFN2O/c14-8-1-6-11(12(16)7-8)13(18)17-10-4-2-9(15)3-5-10/h1-7H,16H2,(H,17,18). The third-order valence-electron chi connectivity index (χ3n) is 2.36. The Kier molecular flexibility index (Phi) is 3.62. The van der Waals surface area contributed by atoms with Gasteiger partial charge in [-0.2, -0.15) is 0 Å². The van der Waals surface area contributed by atoms with E-state index in [-0.39, 0.29) is 11.7 Å². The van der Waals surface area contributed by atoms with Crippen molar-refractivity contribution in [1.82, 2.24) is 0 Å². The Morgan fingerprint density at radius 2 is 1.83 bits per heavy atom. The highest BCUT2D eigenvalue weighted by atomic mass is 79.9. The second-order valence-electron chi connectivity index (χ2n) is 3.69. The van der Waals surface area contributed by atoms with Crippen LogP contribution in [-0.4, -0.2) is 5.91 Å². The van der Waals surface area contributed by atoms with E-state index in [1.54, 1.807) is 18.2 Å². The Morgan fingerprint density at radius 1 is 1.17 bits per heavy atom. The van der Waals surface area contributed by atoms with E-state index in [9.17, 15) is 9.18 Å². The molecule has 0 aliphatic carbocycles. The monoisotopic (exact) mass is 308 g/mol. The summed E-state index contributed by atoms with van der Waals surface area (Å²) in [4.78, 5) is 11.9. The highest BCUT2D eigenvalue weighted by Gasteiger charge is 2.10. The van der Waals surface area contributed by atoms with Crippen LogP contribution < -0.4 is 11.1 Å². The molecule has 0 aliphatic rings. The van der Waals surface area contributed by atoms with Gasteiger partial charge >= 0.3 is 0 Å². The van der Waals surface area contributed by atoms with Crippen LogP contribution in [0.25, 0.3) is 0 Å². The molecule has 0 saturated heterocycles. The number of halogens is 2. The summed E-state index contributed by atoms with van der Waals surface area (Å²) in [5, 5.41) is 2.64. The first-order chi connectivity index (χ1) is 8.56. The fourth-order valence-corrected chi connectivity index (χ4v) is 1.85. The van der Waals surface area contributed by atoms with E-state index >= 15 is 0 Å². The average molecular weight is 309 g/mol. The van der Waals surface area contributed by atoms with Gasteiger partial charge in [0, 0.05) is 15.8 Å². The van der Waals surface area contributed by atoms with Crippen LogP contribution in [0.3, 0.4) is 0 Å². The number of nitrogens with one attached hydrogen (secondary N) is 1. The number of hydrogen-bond acceptors (Lipinski definition) is 2. The Morgan fingerprint density at radius 3 is 2.44 bits per heavy atom. The molecular formula is C13H10BrFN2O. The van der Waals surface area contributed by atoms with E-state index in [1.165, 1.54) is 24.3 Å². The summed E-state index contributed by atoms with van der Waals surface area (Å²) in [5.41, 5.74) is 7.02. The maximum Gasteiger partial charge on any atom is 0.257 e. The van der Waals surface area contributed by atoms with Crippen molar-refractivity contribution in [3.63, 3.8) is 0 Å². The van der Waals surface area contributed by atoms with Crippen LogP contribution in [0.2, 0.25) is 0 Å². The van der Waals surface area contributed by atoms with Crippen LogP contribution in [0.15, 0.2) is 46.9 Å². The van der Waals surface area contributed by atoms with Crippen LogP contribution in [0.1, 0.15) is 10.4 Å². The van der Waals surface area contributed by atoms with Gasteiger partial charge < -0.3 is 11.1 Å². The number of benzene rings is 2.